The lowest BCUT2D eigenvalue weighted by atomic mass is 10.1. The van der Waals surface area contributed by atoms with Crippen LogP contribution in [0.5, 0.6) is 0 Å². The molecular weight excluding hydrogens is 400 g/mol. The van der Waals surface area contributed by atoms with Gasteiger partial charge in [0, 0.05) is 15.4 Å². The maximum absolute atomic E-state index is 4.47. The van der Waals surface area contributed by atoms with Crippen molar-refractivity contribution in [3.63, 3.8) is 0 Å². The van der Waals surface area contributed by atoms with E-state index in [1.165, 1.54) is 21.2 Å². The summed E-state index contributed by atoms with van der Waals surface area (Å²) in [4.78, 5) is 4.79. The predicted molar refractivity (Wildman–Crippen MR) is 126 cm³/mol. The van der Waals surface area contributed by atoms with Gasteiger partial charge in [-0.15, -0.1) is 5.10 Å². The first kappa shape index (κ1) is 18.0. The fourth-order valence-corrected chi connectivity index (χ4v) is 4.99. The van der Waals surface area contributed by atoms with Gasteiger partial charge in [-0.05, 0) is 36.4 Å². The van der Waals surface area contributed by atoms with E-state index in [1.54, 1.807) is 0 Å². The molecule has 0 amide bonds. The zero-order valence-corrected chi connectivity index (χ0v) is 17.4. The minimum atomic E-state index is 0.852. The van der Waals surface area contributed by atoms with Crippen LogP contribution in [0.4, 0.5) is 17.1 Å². The van der Waals surface area contributed by atoms with Crippen LogP contribution < -0.4 is 4.90 Å². The zero-order chi connectivity index (χ0) is 20.6. The van der Waals surface area contributed by atoms with Gasteiger partial charge in [-0.2, -0.15) is 0 Å². The number of anilines is 3. The minimum Gasteiger partial charge on any atom is -0.306 e. The van der Waals surface area contributed by atoms with E-state index < -0.39 is 0 Å². The molecule has 1 aliphatic heterocycles. The molecule has 0 saturated heterocycles. The van der Waals surface area contributed by atoms with Crippen LogP contribution in [-0.2, 0) is 0 Å². The van der Waals surface area contributed by atoms with Gasteiger partial charge in [-0.25, -0.2) is 4.68 Å². The topological polar surface area (TPSA) is 34.0 Å². The standard InChI is InChI=1S/C26H18N4S/c1-2-10-19(11-3-1)20-18-29(28-27-20)21-12-4-5-13-22(21)30-23-14-6-8-16-25(23)31-26-17-9-7-15-24(26)30/h1-18H. The molecule has 0 radical (unpaired) electrons. The van der Waals surface area contributed by atoms with Crippen LogP contribution >= 0.6 is 11.8 Å². The molecular formula is C26H18N4S. The third-order valence-electron chi connectivity index (χ3n) is 5.36. The molecule has 5 heteroatoms. The van der Waals surface area contributed by atoms with Crippen LogP contribution in [0.25, 0.3) is 16.9 Å². The average molecular weight is 419 g/mol. The number of hydrogen-bond donors (Lipinski definition) is 0. The van der Waals surface area contributed by atoms with Crippen molar-refractivity contribution in [3.05, 3.63) is 109 Å². The first-order chi connectivity index (χ1) is 15.4. The van der Waals surface area contributed by atoms with Crippen LogP contribution in [0.2, 0.25) is 0 Å². The first-order valence-electron chi connectivity index (χ1n) is 10.1. The van der Waals surface area contributed by atoms with Crippen molar-refractivity contribution in [1.29, 1.82) is 0 Å². The summed E-state index contributed by atoms with van der Waals surface area (Å²) in [5.74, 6) is 0. The smallest absolute Gasteiger partial charge is 0.113 e. The third kappa shape index (κ3) is 3.10. The summed E-state index contributed by atoms with van der Waals surface area (Å²) in [5.41, 5.74) is 6.28. The Morgan fingerprint density at radius 3 is 1.77 bits per heavy atom. The van der Waals surface area contributed by atoms with Gasteiger partial charge in [-0.3, -0.25) is 0 Å². The maximum Gasteiger partial charge on any atom is 0.113 e. The summed E-state index contributed by atoms with van der Waals surface area (Å²) in [6.45, 7) is 0. The van der Waals surface area contributed by atoms with Gasteiger partial charge >= 0.3 is 0 Å². The molecule has 0 spiro atoms. The summed E-state index contributed by atoms with van der Waals surface area (Å²) < 4.78 is 1.87. The summed E-state index contributed by atoms with van der Waals surface area (Å²) in [6.07, 6.45) is 1.99. The van der Waals surface area contributed by atoms with E-state index in [9.17, 15) is 0 Å². The number of fused-ring (bicyclic) bond motifs is 2. The first-order valence-corrected chi connectivity index (χ1v) is 10.9. The SMILES string of the molecule is c1ccc(-c2cn(-c3ccccc3N3c4ccccc4Sc4ccccc43)nn2)cc1. The molecule has 0 atom stereocenters. The van der Waals surface area contributed by atoms with Gasteiger partial charge in [0.1, 0.15) is 5.69 Å². The maximum atomic E-state index is 4.47. The molecule has 1 aliphatic rings. The quantitative estimate of drug-likeness (QED) is 0.314. The van der Waals surface area contributed by atoms with Crippen LogP contribution in [-0.4, -0.2) is 15.0 Å². The number of nitrogens with zero attached hydrogens (tertiary/aromatic N) is 4. The predicted octanol–water partition coefficient (Wildman–Crippen LogP) is 6.87. The Bertz CT molecular complexity index is 1330. The molecule has 31 heavy (non-hydrogen) atoms. The van der Waals surface area contributed by atoms with E-state index in [2.05, 4.69) is 94.1 Å². The molecule has 0 saturated carbocycles. The highest BCUT2D eigenvalue weighted by Crippen LogP contribution is 2.52. The average Bonchev–Trinajstić information content (AvgIpc) is 3.33. The van der Waals surface area contributed by atoms with Crippen molar-refractivity contribution in [2.24, 2.45) is 0 Å². The summed E-state index contributed by atoms with van der Waals surface area (Å²) in [6, 6.07) is 35.5. The molecule has 0 aliphatic carbocycles. The van der Waals surface area contributed by atoms with Crippen molar-refractivity contribution in [2.45, 2.75) is 9.79 Å². The van der Waals surface area contributed by atoms with Crippen molar-refractivity contribution in [1.82, 2.24) is 15.0 Å². The second-order valence-electron chi connectivity index (χ2n) is 7.28. The fourth-order valence-electron chi connectivity index (χ4n) is 3.93. The van der Waals surface area contributed by atoms with Crippen molar-refractivity contribution < 1.29 is 0 Å². The third-order valence-corrected chi connectivity index (χ3v) is 6.49. The Morgan fingerprint density at radius 1 is 0.548 bits per heavy atom. The Kier molecular flexibility index (Phi) is 4.32. The Morgan fingerprint density at radius 2 is 1.10 bits per heavy atom. The van der Waals surface area contributed by atoms with Gasteiger partial charge in [0.05, 0.1) is 28.9 Å². The summed E-state index contributed by atoms with van der Waals surface area (Å²) in [7, 11) is 0. The van der Waals surface area contributed by atoms with Gasteiger partial charge < -0.3 is 4.90 Å². The molecule has 148 valence electrons. The zero-order valence-electron chi connectivity index (χ0n) is 16.6. The highest BCUT2D eigenvalue weighted by Gasteiger charge is 2.26. The van der Waals surface area contributed by atoms with E-state index in [-0.39, 0.29) is 0 Å². The Balaban J connectivity index is 1.52. The Labute approximate surface area is 184 Å². The van der Waals surface area contributed by atoms with Crippen LogP contribution in [0.1, 0.15) is 0 Å². The van der Waals surface area contributed by atoms with E-state index in [0.29, 0.717) is 0 Å². The second kappa shape index (κ2) is 7.45. The molecule has 0 bridgehead atoms. The van der Waals surface area contributed by atoms with Crippen LogP contribution in [0.3, 0.4) is 0 Å². The fraction of sp³-hybridized carbons (Fsp3) is 0. The molecule has 4 nitrogen and oxygen atoms in total. The molecule has 6 rings (SSSR count). The number of rotatable bonds is 3. The monoisotopic (exact) mass is 418 g/mol. The molecule has 4 aromatic carbocycles. The van der Waals surface area contributed by atoms with Crippen molar-refractivity contribution >= 4 is 28.8 Å². The molecule has 2 heterocycles. The lowest BCUT2D eigenvalue weighted by molar-refractivity contribution is 0.803. The Hall–Kier alpha value is -3.83. The van der Waals surface area contributed by atoms with Gasteiger partial charge in [-0.1, -0.05) is 83.7 Å². The molecule has 0 fully saturated rings. The van der Waals surface area contributed by atoms with E-state index in [1.807, 2.05) is 46.9 Å². The highest BCUT2D eigenvalue weighted by molar-refractivity contribution is 7.99. The number of aromatic nitrogens is 3. The van der Waals surface area contributed by atoms with Gasteiger partial charge in [0.25, 0.3) is 0 Å². The minimum absolute atomic E-state index is 0.852. The van der Waals surface area contributed by atoms with Crippen LogP contribution in [0.15, 0.2) is 119 Å². The molecule has 0 unspecified atom stereocenters. The number of hydrogen-bond acceptors (Lipinski definition) is 4. The lowest BCUT2D eigenvalue weighted by Crippen LogP contribution is -2.17. The van der Waals surface area contributed by atoms with E-state index in [4.69, 9.17) is 0 Å². The molecule has 5 aromatic rings. The van der Waals surface area contributed by atoms with Crippen molar-refractivity contribution in [2.75, 3.05) is 4.90 Å². The van der Waals surface area contributed by atoms with Gasteiger partial charge in [0.15, 0.2) is 0 Å². The molecule has 1 aromatic heterocycles. The summed E-state index contributed by atoms with van der Waals surface area (Å²) >= 11 is 1.81. The summed E-state index contributed by atoms with van der Waals surface area (Å²) in [5, 5.41) is 8.89. The number of para-hydroxylation sites is 4. The normalized spacial score (nSPS) is 12.3. The number of benzene rings is 4. The largest absolute Gasteiger partial charge is 0.306 e. The van der Waals surface area contributed by atoms with Gasteiger partial charge in [0.2, 0.25) is 0 Å². The lowest BCUT2D eigenvalue weighted by Gasteiger charge is -2.33. The van der Waals surface area contributed by atoms with Crippen LogP contribution in [0, 0.1) is 0 Å². The van der Waals surface area contributed by atoms with Crippen molar-refractivity contribution in [3.8, 4) is 16.9 Å². The molecule has 0 N–H and O–H groups in total. The highest BCUT2D eigenvalue weighted by atomic mass is 32.2. The van der Waals surface area contributed by atoms with E-state index >= 15 is 0 Å². The second-order valence-corrected chi connectivity index (χ2v) is 8.36. The van der Waals surface area contributed by atoms with E-state index in [0.717, 1.165) is 22.6 Å².